The van der Waals surface area contributed by atoms with E-state index in [1.54, 1.807) is 0 Å². The Balaban J connectivity index is 2.11. The van der Waals surface area contributed by atoms with Gasteiger partial charge in [-0.25, -0.2) is 4.39 Å². The van der Waals surface area contributed by atoms with Crippen LogP contribution in [0.1, 0.15) is 35.1 Å². The van der Waals surface area contributed by atoms with Crippen LogP contribution in [0.25, 0.3) is 0 Å². The average molecular weight is 242 g/mol. The lowest BCUT2D eigenvalue weighted by molar-refractivity contribution is 0.485. The van der Waals surface area contributed by atoms with Gasteiger partial charge in [0.15, 0.2) is 0 Å². The molecule has 0 aliphatic heterocycles. The molecular weight excluding hydrogens is 223 g/mol. The fourth-order valence-electron chi connectivity index (χ4n) is 2.22. The minimum atomic E-state index is -0.382. The number of hydrogen-bond donors (Lipinski definition) is 0. The lowest BCUT2D eigenvalue weighted by atomic mass is 9.91. The second-order valence-corrected chi connectivity index (χ2v) is 4.91. The summed E-state index contributed by atoms with van der Waals surface area (Å²) >= 11 is 0. The SMILES string of the molecule is Cc1ccccc1CC(C)c1ccc(CF)cc1. The fourth-order valence-corrected chi connectivity index (χ4v) is 2.22. The third-order valence-electron chi connectivity index (χ3n) is 3.49. The topological polar surface area (TPSA) is 0 Å². The summed E-state index contributed by atoms with van der Waals surface area (Å²) in [6.07, 6.45) is 1.03. The number of rotatable bonds is 4. The van der Waals surface area contributed by atoms with Crippen molar-refractivity contribution in [1.82, 2.24) is 0 Å². The third-order valence-corrected chi connectivity index (χ3v) is 3.49. The second kappa shape index (κ2) is 5.81. The summed E-state index contributed by atoms with van der Waals surface area (Å²) in [5.74, 6) is 0.458. The van der Waals surface area contributed by atoms with Crippen molar-refractivity contribution in [3.8, 4) is 0 Å². The zero-order chi connectivity index (χ0) is 13.0. The molecule has 0 saturated heterocycles. The first-order valence-corrected chi connectivity index (χ1v) is 6.40. The summed E-state index contributed by atoms with van der Waals surface area (Å²) < 4.78 is 12.5. The molecule has 0 aliphatic rings. The first-order chi connectivity index (χ1) is 8.70. The highest BCUT2D eigenvalue weighted by atomic mass is 19.1. The molecule has 1 heteroatoms. The van der Waals surface area contributed by atoms with E-state index in [-0.39, 0.29) is 6.67 Å². The normalized spacial score (nSPS) is 12.4. The molecule has 18 heavy (non-hydrogen) atoms. The maximum Gasteiger partial charge on any atom is 0.115 e. The molecule has 0 radical (unpaired) electrons. The van der Waals surface area contributed by atoms with Gasteiger partial charge in [0.25, 0.3) is 0 Å². The minimum absolute atomic E-state index is 0.382. The van der Waals surface area contributed by atoms with E-state index in [0.717, 1.165) is 12.0 Å². The molecule has 0 aliphatic carbocycles. The van der Waals surface area contributed by atoms with Crippen LogP contribution in [0.4, 0.5) is 4.39 Å². The van der Waals surface area contributed by atoms with Gasteiger partial charge in [-0.2, -0.15) is 0 Å². The van der Waals surface area contributed by atoms with Crippen LogP contribution in [0.5, 0.6) is 0 Å². The molecule has 1 atom stereocenters. The smallest absolute Gasteiger partial charge is 0.115 e. The number of aryl methyl sites for hydroxylation is 1. The van der Waals surface area contributed by atoms with E-state index in [9.17, 15) is 4.39 Å². The average Bonchev–Trinajstić information content (AvgIpc) is 2.41. The number of alkyl halides is 1. The number of hydrogen-bond acceptors (Lipinski definition) is 0. The van der Waals surface area contributed by atoms with Gasteiger partial charge in [-0.3, -0.25) is 0 Å². The summed E-state index contributed by atoms with van der Waals surface area (Å²) in [4.78, 5) is 0. The molecule has 0 fully saturated rings. The van der Waals surface area contributed by atoms with Crippen molar-refractivity contribution in [2.24, 2.45) is 0 Å². The fraction of sp³-hybridized carbons (Fsp3) is 0.294. The van der Waals surface area contributed by atoms with Crippen molar-refractivity contribution in [3.63, 3.8) is 0 Å². The Morgan fingerprint density at radius 1 is 1.00 bits per heavy atom. The van der Waals surface area contributed by atoms with Crippen LogP contribution in [0, 0.1) is 6.92 Å². The summed E-state index contributed by atoms with van der Waals surface area (Å²) in [5.41, 5.74) is 4.75. The van der Waals surface area contributed by atoms with E-state index in [0.29, 0.717) is 5.92 Å². The van der Waals surface area contributed by atoms with Crippen molar-refractivity contribution >= 4 is 0 Å². The number of halogens is 1. The molecule has 94 valence electrons. The highest BCUT2D eigenvalue weighted by Crippen LogP contribution is 2.22. The molecule has 2 rings (SSSR count). The largest absolute Gasteiger partial charge is 0.246 e. The van der Waals surface area contributed by atoms with Gasteiger partial charge in [-0.05, 0) is 41.5 Å². The molecule has 2 aromatic carbocycles. The van der Waals surface area contributed by atoms with Crippen molar-refractivity contribution < 1.29 is 4.39 Å². The quantitative estimate of drug-likeness (QED) is 0.721. The Hall–Kier alpha value is -1.63. The Labute approximate surface area is 108 Å². The molecule has 0 N–H and O–H groups in total. The second-order valence-electron chi connectivity index (χ2n) is 4.91. The van der Waals surface area contributed by atoms with Gasteiger partial charge in [0, 0.05) is 0 Å². The van der Waals surface area contributed by atoms with Gasteiger partial charge in [0.2, 0.25) is 0 Å². The van der Waals surface area contributed by atoms with Gasteiger partial charge < -0.3 is 0 Å². The van der Waals surface area contributed by atoms with Crippen LogP contribution < -0.4 is 0 Å². The van der Waals surface area contributed by atoms with Crippen LogP contribution in [0.15, 0.2) is 48.5 Å². The zero-order valence-corrected chi connectivity index (χ0v) is 11.0. The van der Waals surface area contributed by atoms with Crippen LogP contribution in [-0.4, -0.2) is 0 Å². The summed E-state index contributed by atoms with van der Waals surface area (Å²) in [6.45, 7) is 3.98. The summed E-state index contributed by atoms with van der Waals surface area (Å²) in [5, 5.41) is 0. The zero-order valence-electron chi connectivity index (χ0n) is 11.0. The van der Waals surface area contributed by atoms with Crippen LogP contribution in [0.2, 0.25) is 0 Å². The predicted molar refractivity (Wildman–Crippen MR) is 74.6 cm³/mol. The maximum atomic E-state index is 12.5. The Bertz CT molecular complexity index is 499. The van der Waals surface area contributed by atoms with Crippen molar-refractivity contribution in [3.05, 3.63) is 70.8 Å². The third kappa shape index (κ3) is 2.98. The molecule has 0 saturated carbocycles. The summed E-state index contributed by atoms with van der Waals surface area (Å²) in [7, 11) is 0. The highest BCUT2D eigenvalue weighted by molar-refractivity contribution is 5.30. The Kier molecular flexibility index (Phi) is 4.14. The first-order valence-electron chi connectivity index (χ1n) is 6.40. The molecule has 0 aromatic heterocycles. The monoisotopic (exact) mass is 242 g/mol. The van der Waals surface area contributed by atoms with Gasteiger partial charge >= 0.3 is 0 Å². The molecule has 0 amide bonds. The first kappa shape index (κ1) is 12.8. The molecule has 0 heterocycles. The van der Waals surface area contributed by atoms with E-state index in [4.69, 9.17) is 0 Å². The number of benzene rings is 2. The molecular formula is C17H19F. The van der Waals surface area contributed by atoms with Crippen LogP contribution in [-0.2, 0) is 13.1 Å². The van der Waals surface area contributed by atoms with Crippen LogP contribution in [0.3, 0.4) is 0 Å². The minimum Gasteiger partial charge on any atom is -0.246 e. The molecule has 0 nitrogen and oxygen atoms in total. The van der Waals surface area contributed by atoms with E-state index in [1.807, 2.05) is 24.3 Å². The van der Waals surface area contributed by atoms with Crippen molar-refractivity contribution in [2.45, 2.75) is 32.9 Å². The van der Waals surface area contributed by atoms with Gasteiger partial charge in [-0.1, -0.05) is 55.5 Å². The van der Waals surface area contributed by atoms with Crippen molar-refractivity contribution in [2.75, 3.05) is 0 Å². The molecule has 1 unspecified atom stereocenters. The van der Waals surface area contributed by atoms with Gasteiger partial charge in [-0.15, -0.1) is 0 Å². The lowest BCUT2D eigenvalue weighted by Crippen LogP contribution is -2.00. The highest BCUT2D eigenvalue weighted by Gasteiger charge is 2.08. The van der Waals surface area contributed by atoms with E-state index in [1.165, 1.54) is 16.7 Å². The standard InChI is InChI=1S/C17H19F/c1-13-5-3-4-6-17(13)11-14(2)16-9-7-15(12-18)8-10-16/h3-10,14H,11-12H2,1-2H3. The molecule has 0 bridgehead atoms. The lowest BCUT2D eigenvalue weighted by Gasteiger charge is -2.14. The van der Waals surface area contributed by atoms with E-state index >= 15 is 0 Å². The molecule has 0 spiro atoms. The Morgan fingerprint density at radius 3 is 2.28 bits per heavy atom. The van der Waals surface area contributed by atoms with E-state index < -0.39 is 0 Å². The van der Waals surface area contributed by atoms with Crippen LogP contribution >= 0.6 is 0 Å². The van der Waals surface area contributed by atoms with Crippen molar-refractivity contribution in [1.29, 1.82) is 0 Å². The van der Waals surface area contributed by atoms with Gasteiger partial charge in [0.1, 0.15) is 6.67 Å². The summed E-state index contributed by atoms with van der Waals surface area (Å²) in [6, 6.07) is 16.3. The maximum absolute atomic E-state index is 12.5. The predicted octanol–water partition coefficient (Wildman–Crippen LogP) is 4.81. The molecule has 2 aromatic rings. The van der Waals surface area contributed by atoms with Gasteiger partial charge in [0.05, 0.1) is 0 Å². The Morgan fingerprint density at radius 2 is 1.67 bits per heavy atom. The van der Waals surface area contributed by atoms with E-state index in [2.05, 4.69) is 38.1 Å².